The zero-order valence-electron chi connectivity index (χ0n) is 28.4. The van der Waals surface area contributed by atoms with Crippen LogP contribution >= 0.6 is 0 Å². The molecule has 0 saturated heterocycles. The molecule has 18 heteroatoms. The minimum Gasteiger partial charge on any atom is -0.261 e. The van der Waals surface area contributed by atoms with Crippen molar-refractivity contribution in [2.24, 2.45) is 0 Å². The number of aromatic nitrogens is 18. The first-order valence-corrected chi connectivity index (χ1v) is 14.3. The summed E-state index contributed by atoms with van der Waals surface area (Å²) >= 11 is 0. The van der Waals surface area contributed by atoms with Crippen LogP contribution in [-0.4, -0.2) is 90.9 Å². The molecule has 0 radical (unpaired) electrons. The number of hydrogen-bond donors (Lipinski definition) is 0. The Labute approximate surface area is 284 Å². The molecule has 0 aliphatic heterocycles. The van der Waals surface area contributed by atoms with E-state index >= 15 is 0 Å². The number of hydrogen-bond acceptors (Lipinski definition) is 18. The van der Waals surface area contributed by atoms with Gasteiger partial charge in [-0.3, -0.25) is 9.97 Å². The summed E-state index contributed by atoms with van der Waals surface area (Å²) in [6, 6.07) is 5.46. The van der Waals surface area contributed by atoms with E-state index in [2.05, 4.69) is 90.9 Å². The van der Waals surface area contributed by atoms with Crippen molar-refractivity contribution in [1.29, 1.82) is 0 Å². The molecule has 252 valence electrons. The third-order valence-electron chi connectivity index (χ3n) is 4.57. The third kappa shape index (κ3) is 26.2. The van der Waals surface area contributed by atoms with Gasteiger partial charge in [-0.25, -0.2) is 34.9 Å². The molecule has 7 heterocycles. The van der Waals surface area contributed by atoms with E-state index in [0.29, 0.717) is 5.82 Å². The van der Waals surface area contributed by atoms with Crippen LogP contribution in [0.1, 0.15) is 40.1 Å². The maximum atomic E-state index is 3.92. The van der Waals surface area contributed by atoms with E-state index in [4.69, 9.17) is 0 Å². The monoisotopic (exact) mass is 662 g/mol. The van der Waals surface area contributed by atoms with Crippen LogP contribution in [0.4, 0.5) is 0 Å². The molecule has 0 spiro atoms. The normalized spacial score (nSPS) is 8.71. The lowest BCUT2D eigenvalue weighted by atomic mass is 10.5. The maximum Gasteiger partial charge on any atom is 0.147 e. The van der Waals surface area contributed by atoms with Crippen molar-refractivity contribution < 1.29 is 0 Å². The van der Waals surface area contributed by atoms with Crippen LogP contribution in [0, 0.1) is 48.5 Å². The molecule has 0 saturated carbocycles. The minimum absolute atomic E-state index is 0.711. The molecule has 7 rings (SSSR count). The maximum absolute atomic E-state index is 3.92. The number of rotatable bonds is 0. The van der Waals surface area contributed by atoms with Crippen LogP contribution < -0.4 is 0 Å². The summed E-state index contributed by atoms with van der Waals surface area (Å²) in [5, 5.41) is 31.9. The highest BCUT2D eigenvalue weighted by Crippen LogP contribution is 1.83. The predicted molar refractivity (Wildman–Crippen MR) is 179 cm³/mol. The molecule has 0 fully saturated rings. The average molecular weight is 663 g/mol. The molecule has 0 unspecified atom stereocenters. The highest BCUT2D eigenvalue weighted by atomic mass is 15.3. The molecule has 7 aromatic heterocycles. The summed E-state index contributed by atoms with van der Waals surface area (Å²) < 4.78 is 0. The Morgan fingerprint density at radius 2 is 1.04 bits per heavy atom. The van der Waals surface area contributed by atoms with Gasteiger partial charge in [0.2, 0.25) is 0 Å². The van der Waals surface area contributed by atoms with E-state index in [0.717, 1.165) is 34.3 Å². The minimum atomic E-state index is 0.711. The lowest BCUT2D eigenvalue weighted by Gasteiger charge is -1.81. The topological polar surface area (TPSA) is 232 Å². The van der Waals surface area contributed by atoms with Crippen molar-refractivity contribution in [3.8, 4) is 0 Å². The summed E-state index contributed by atoms with van der Waals surface area (Å²) in [5.74, 6) is 1.53. The SMILES string of the molecule is Cc1ccncn1.Cc1ccnnn1.Cc1cnccn1.Cc1cncnn1.Cc1cnncn1.Cc1ncccn1.Cc1nccnn1. The van der Waals surface area contributed by atoms with Gasteiger partial charge in [0, 0.05) is 49.1 Å². The van der Waals surface area contributed by atoms with E-state index in [-0.39, 0.29) is 0 Å². The van der Waals surface area contributed by atoms with Gasteiger partial charge in [0.05, 0.1) is 47.6 Å². The van der Waals surface area contributed by atoms with Gasteiger partial charge in [-0.1, -0.05) is 0 Å². The first kappa shape index (κ1) is 40.3. The van der Waals surface area contributed by atoms with Crippen molar-refractivity contribution >= 4 is 0 Å². The number of aryl methyl sites for hydroxylation is 7. The summed E-state index contributed by atoms with van der Waals surface area (Å²) in [4.78, 5) is 34.4. The molecule has 0 atom stereocenters. The molecule has 7 aromatic rings. The number of nitrogens with zero attached hydrogens (tertiary/aromatic N) is 18. The van der Waals surface area contributed by atoms with Crippen LogP contribution in [-0.2, 0) is 0 Å². The quantitative estimate of drug-likeness (QED) is 0.227. The van der Waals surface area contributed by atoms with E-state index in [1.54, 1.807) is 87.2 Å². The highest BCUT2D eigenvalue weighted by Gasteiger charge is 1.79. The lowest BCUT2D eigenvalue weighted by molar-refractivity contribution is 0.839. The largest absolute Gasteiger partial charge is 0.261 e. The Hall–Kier alpha value is -6.72. The fourth-order valence-corrected chi connectivity index (χ4v) is 2.33. The summed E-state index contributed by atoms with van der Waals surface area (Å²) in [7, 11) is 0. The van der Waals surface area contributed by atoms with Crippen LogP contribution in [0.15, 0.2) is 105 Å². The van der Waals surface area contributed by atoms with Gasteiger partial charge in [-0.2, -0.15) is 15.3 Å². The fraction of sp³-hybridized carbons (Fsp3) is 0.226. The summed E-state index contributed by atoms with van der Waals surface area (Å²) in [6.45, 7) is 13.1. The van der Waals surface area contributed by atoms with Crippen molar-refractivity contribution in [1.82, 2.24) is 90.9 Å². The van der Waals surface area contributed by atoms with Crippen LogP contribution in [0.25, 0.3) is 0 Å². The smallest absolute Gasteiger partial charge is 0.147 e. The Bertz CT molecular complexity index is 1320. The second-order valence-electron chi connectivity index (χ2n) is 8.94. The van der Waals surface area contributed by atoms with Gasteiger partial charge in [-0.15, -0.1) is 25.5 Å². The van der Waals surface area contributed by atoms with E-state index in [1.807, 2.05) is 47.6 Å². The molecular weight excluding hydrogens is 624 g/mol. The predicted octanol–water partition coefficient (Wildman–Crippen LogP) is 3.08. The fourth-order valence-electron chi connectivity index (χ4n) is 2.33. The van der Waals surface area contributed by atoms with Crippen molar-refractivity contribution in [2.45, 2.75) is 48.5 Å². The van der Waals surface area contributed by atoms with E-state index in [1.165, 1.54) is 19.0 Å². The van der Waals surface area contributed by atoms with Gasteiger partial charge < -0.3 is 0 Å². The lowest BCUT2D eigenvalue weighted by Crippen LogP contribution is -1.85. The van der Waals surface area contributed by atoms with E-state index < -0.39 is 0 Å². The van der Waals surface area contributed by atoms with Gasteiger partial charge in [0.15, 0.2) is 0 Å². The molecular formula is C31H38N18. The highest BCUT2D eigenvalue weighted by molar-refractivity contribution is 4.93. The Morgan fingerprint density at radius 1 is 0.347 bits per heavy atom. The summed E-state index contributed by atoms with van der Waals surface area (Å²) in [6.07, 6.45) is 22.7. The molecule has 0 aliphatic rings. The first-order chi connectivity index (χ1) is 23.8. The van der Waals surface area contributed by atoms with Crippen molar-refractivity contribution in [3.05, 3.63) is 145 Å². The second kappa shape index (κ2) is 27.6. The van der Waals surface area contributed by atoms with Gasteiger partial charge >= 0.3 is 0 Å². The van der Waals surface area contributed by atoms with Gasteiger partial charge in [0.1, 0.15) is 30.6 Å². The third-order valence-corrected chi connectivity index (χ3v) is 4.57. The second-order valence-corrected chi connectivity index (χ2v) is 8.94. The zero-order valence-corrected chi connectivity index (χ0v) is 28.4. The van der Waals surface area contributed by atoms with Gasteiger partial charge in [0.25, 0.3) is 0 Å². The average Bonchev–Trinajstić information content (AvgIpc) is 3.12. The van der Waals surface area contributed by atoms with Crippen LogP contribution in [0.5, 0.6) is 0 Å². The van der Waals surface area contributed by atoms with Crippen molar-refractivity contribution in [3.63, 3.8) is 0 Å². The van der Waals surface area contributed by atoms with Crippen molar-refractivity contribution in [2.75, 3.05) is 0 Å². The standard InChI is InChI=1S/3C5H6N2.4C4H5N3/c1-5-4-6-2-3-7-5;1-5-2-3-6-4-7-5;1-5-6-3-2-4-7-5;1-4-2-6-7-3-5-4;1-4-2-5-3-6-7-4;1-4-5-2-3-6-7-4;1-4-2-3-5-7-6-4/h3*2-4H,1H3;4*2-3H,1H3. The molecule has 0 bridgehead atoms. The van der Waals surface area contributed by atoms with Crippen LogP contribution in [0.2, 0.25) is 0 Å². The molecule has 18 nitrogen and oxygen atoms in total. The zero-order chi connectivity index (χ0) is 35.8. The Balaban J connectivity index is 0.000000286. The molecule has 0 N–H and O–H groups in total. The molecule has 49 heavy (non-hydrogen) atoms. The Kier molecular flexibility index (Phi) is 22.7. The first-order valence-electron chi connectivity index (χ1n) is 14.3. The Morgan fingerprint density at radius 3 is 1.33 bits per heavy atom. The summed E-state index contributed by atoms with van der Waals surface area (Å²) in [5.41, 5.74) is 4.62. The van der Waals surface area contributed by atoms with E-state index in [9.17, 15) is 0 Å². The molecule has 0 aromatic carbocycles. The van der Waals surface area contributed by atoms with Gasteiger partial charge in [-0.05, 0) is 71.9 Å². The molecule has 0 aliphatic carbocycles. The molecule has 0 amide bonds. The van der Waals surface area contributed by atoms with Crippen LogP contribution in [0.3, 0.4) is 0 Å².